The van der Waals surface area contributed by atoms with Crippen LogP contribution in [0.25, 0.3) is 10.8 Å². The molecule has 3 aromatic carbocycles. The minimum absolute atomic E-state index is 0.157. The number of aryl methyl sites for hydroxylation is 2. The molecule has 0 atom stereocenters. The van der Waals surface area contributed by atoms with Gasteiger partial charge in [0.1, 0.15) is 5.82 Å². The van der Waals surface area contributed by atoms with Crippen LogP contribution in [-0.4, -0.2) is 6.61 Å². The first-order valence-electron chi connectivity index (χ1n) is 12.5. The fourth-order valence-corrected chi connectivity index (χ4v) is 5.32. The predicted molar refractivity (Wildman–Crippen MR) is 129 cm³/mol. The Labute approximate surface area is 203 Å². The van der Waals surface area contributed by atoms with Crippen LogP contribution >= 0.6 is 0 Å². The first kappa shape index (κ1) is 25.5. The van der Waals surface area contributed by atoms with Gasteiger partial charge in [0, 0.05) is 5.39 Å². The number of unbranched alkanes of at least 4 members (excludes halogenated alkanes) is 1. The molecule has 1 nitrogen and oxygen atoms in total. The molecule has 0 saturated heterocycles. The molecule has 0 spiro atoms. The van der Waals surface area contributed by atoms with Crippen molar-refractivity contribution in [3.8, 4) is 5.75 Å². The summed E-state index contributed by atoms with van der Waals surface area (Å²) in [4.78, 5) is 0. The van der Waals surface area contributed by atoms with Crippen molar-refractivity contribution >= 4 is 10.8 Å². The maximum Gasteiger partial charge on any atom is 0.387 e. The third-order valence-corrected chi connectivity index (χ3v) is 7.29. The average Bonchev–Trinajstić information content (AvgIpc) is 2.84. The Morgan fingerprint density at radius 2 is 1.60 bits per heavy atom. The molecular formula is C29H31F5O. The first-order valence-corrected chi connectivity index (χ1v) is 12.5. The molecule has 6 heteroatoms. The molecule has 1 fully saturated rings. The van der Waals surface area contributed by atoms with E-state index in [2.05, 4.69) is 17.7 Å². The summed E-state index contributed by atoms with van der Waals surface area (Å²) in [5.41, 5.74) is 1.94. The number of fused-ring (bicyclic) bond motifs is 1. The zero-order valence-corrected chi connectivity index (χ0v) is 19.9. The van der Waals surface area contributed by atoms with Crippen LogP contribution in [0.15, 0.2) is 42.5 Å². The lowest BCUT2D eigenvalue weighted by atomic mass is 9.77. The molecule has 0 unspecified atom stereocenters. The monoisotopic (exact) mass is 490 g/mol. The van der Waals surface area contributed by atoms with Gasteiger partial charge in [-0.05, 0) is 84.6 Å². The van der Waals surface area contributed by atoms with E-state index in [1.807, 2.05) is 18.2 Å². The zero-order valence-electron chi connectivity index (χ0n) is 19.9. The molecule has 35 heavy (non-hydrogen) atoms. The van der Waals surface area contributed by atoms with E-state index in [1.165, 1.54) is 50.5 Å². The van der Waals surface area contributed by atoms with E-state index < -0.39 is 24.0 Å². The molecule has 0 N–H and O–H groups in total. The van der Waals surface area contributed by atoms with E-state index in [4.69, 9.17) is 0 Å². The Morgan fingerprint density at radius 1 is 0.886 bits per heavy atom. The van der Waals surface area contributed by atoms with Crippen molar-refractivity contribution in [2.45, 2.75) is 77.2 Å². The summed E-state index contributed by atoms with van der Waals surface area (Å²) >= 11 is 0. The maximum atomic E-state index is 15.2. The number of rotatable bonds is 9. The van der Waals surface area contributed by atoms with E-state index in [9.17, 15) is 17.6 Å². The van der Waals surface area contributed by atoms with E-state index in [1.54, 1.807) is 6.07 Å². The molecular weight excluding hydrogens is 459 g/mol. The Bertz CT molecular complexity index is 1130. The number of halogens is 5. The number of hydrogen-bond acceptors (Lipinski definition) is 1. The molecule has 0 radical (unpaired) electrons. The lowest BCUT2D eigenvalue weighted by Crippen LogP contribution is -2.13. The van der Waals surface area contributed by atoms with Crippen LogP contribution in [0, 0.1) is 23.4 Å². The molecule has 1 aliphatic rings. The van der Waals surface area contributed by atoms with Crippen molar-refractivity contribution in [2.24, 2.45) is 5.92 Å². The van der Waals surface area contributed by atoms with Crippen molar-refractivity contribution in [1.29, 1.82) is 0 Å². The number of ether oxygens (including phenoxy) is 1. The highest BCUT2D eigenvalue weighted by Crippen LogP contribution is 2.39. The van der Waals surface area contributed by atoms with Gasteiger partial charge in [-0.25, -0.2) is 13.2 Å². The third-order valence-electron chi connectivity index (χ3n) is 7.29. The van der Waals surface area contributed by atoms with Crippen LogP contribution in [0.2, 0.25) is 0 Å². The SMILES string of the molecule is CCCCC1CCC(c2ccc3c(F)c(CCc4cc(F)c(OC(F)F)c(F)c4)ccc3c2)CC1. The largest absolute Gasteiger partial charge is 0.429 e. The smallest absolute Gasteiger partial charge is 0.387 e. The standard InChI is InChI=1S/C29H31F5O/c1-2-3-4-18-5-8-20(9-6-18)22-13-14-24-23(17-22)12-11-21(27(24)32)10-7-19-15-25(30)28(26(31)16-19)35-29(33)34/h11-18,20,29H,2-10H2,1H3. The quantitative estimate of drug-likeness (QED) is 0.272. The molecule has 0 heterocycles. The highest BCUT2D eigenvalue weighted by atomic mass is 19.3. The summed E-state index contributed by atoms with van der Waals surface area (Å²) in [6, 6.07) is 11.5. The van der Waals surface area contributed by atoms with Crippen LogP contribution in [0.3, 0.4) is 0 Å². The molecule has 0 aliphatic heterocycles. The summed E-state index contributed by atoms with van der Waals surface area (Å²) in [5, 5.41) is 1.38. The van der Waals surface area contributed by atoms with Gasteiger partial charge < -0.3 is 4.74 Å². The van der Waals surface area contributed by atoms with Gasteiger partial charge in [-0.2, -0.15) is 8.78 Å². The van der Waals surface area contributed by atoms with Crippen LogP contribution in [0.1, 0.15) is 74.5 Å². The molecule has 0 amide bonds. The summed E-state index contributed by atoms with van der Waals surface area (Å²) in [7, 11) is 0. The van der Waals surface area contributed by atoms with E-state index in [0.717, 1.165) is 23.4 Å². The van der Waals surface area contributed by atoms with Crippen LogP contribution in [-0.2, 0) is 12.8 Å². The fraction of sp³-hybridized carbons (Fsp3) is 0.448. The second kappa shape index (κ2) is 11.4. The Kier molecular flexibility index (Phi) is 8.30. The third kappa shape index (κ3) is 6.14. The van der Waals surface area contributed by atoms with Crippen molar-refractivity contribution in [3.63, 3.8) is 0 Å². The maximum absolute atomic E-state index is 15.2. The van der Waals surface area contributed by atoms with Gasteiger partial charge in [-0.15, -0.1) is 0 Å². The molecule has 4 rings (SSSR count). The summed E-state index contributed by atoms with van der Waals surface area (Å²) < 4.78 is 71.7. The number of hydrogen-bond donors (Lipinski definition) is 0. The Morgan fingerprint density at radius 3 is 2.26 bits per heavy atom. The van der Waals surface area contributed by atoms with Gasteiger partial charge in [-0.1, -0.05) is 56.5 Å². The summed E-state index contributed by atoms with van der Waals surface area (Å²) in [6.07, 6.45) is 9.11. The van der Waals surface area contributed by atoms with Crippen LogP contribution in [0.4, 0.5) is 22.0 Å². The molecule has 0 aromatic heterocycles. The highest BCUT2D eigenvalue weighted by Gasteiger charge is 2.23. The molecule has 3 aromatic rings. The minimum atomic E-state index is -3.32. The van der Waals surface area contributed by atoms with Gasteiger partial charge in [0.25, 0.3) is 0 Å². The van der Waals surface area contributed by atoms with Crippen molar-refractivity contribution in [2.75, 3.05) is 0 Å². The number of alkyl halides is 2. The summed E-state index contributed by atoms with van der Waals surface area (Å²) in [6.45, 7) is -1.09. The lowest BCUT2D eigenvalue weighted by molar-refractivity contribution is -0.0546. The van der Waals surface area contributed by atoms with Crippen molar-refractivity contribution < 1.29 is 26.7 Å². The normalized spacial score (nSPS) is 18.4. The molecule has 0 bridgehead atoms. The minimum Gasteiger partial charge on any atom is -0.429 e. The highest BCUT2D eigenvalue weighted by molar-refractivity contribution is 5.84. The van der Waals surface area contributed by atoms with Gasteiger partial charge in [0.05, 0.1) is 0 Å². The molecule has 188 valence electrons. The zero-order chi connectivity index (χ0) is 24.9. The number of benzene rings is 3. The van der Waals surface area contributed by atoms with Gasteiger partial charge >= 0.3 is 6.61 Å². The second-order valence-corrected chi connectivity index (χ2v) is 9.65. The fourth-order valence-electron chi connectivity index (χ4n) is 5.32. The van der Waals surface area contributed by atoms with Crippen LogP contribution in [0.5, 0.6) is 5.75 Å². The Balaban J connectivity index is 1.44. The Hall–Kier alpha value is -2.63. The van der Waals surface area contributed by atoms with Crippen LogP contribution < -0.4 is 4.74 Å². The second-order valence-electron chi connectivity index (χ2n) is 9.65. The van der Waals surface area contributed by atoms with Gasteiger partial charge in [0.2, 0.25) is 0 Å². The van der Waals surface area contributed by atoms with E-state index >= 15 is 4.39 Å². The van der Waals surface area contributed by atoms with Gasteiger partial charge in [0.15, 0.2) is 17.4 Å². The first-order chi connectivity index (χ1) is 16.9. The summed E-state index contributed by atoms with van der Waals surface area (Å²) in [5.74, 6) is -2.50. The average molecular weight is 491 g/mol. The van der Waals surface area contributed by atoms with Crippen molar-refractivity contribution in [1.82, 2.24) is 0 Å². The van der Waals surface area contributed by atoms with Crippen molar-refractivity contribution in [3.05, 3.63) is 76.6 Å². The molecule has 1 saturated carbocycles. The lowest BCUT2D eigenvalue weighted by Gasteiger charge is -2.29. The predicted octanol–water partition coefficient (Wildman–Crippen LogP) is 9.11. The van der Waals surface area contributed by atoms with E-state index in [0.29, 0.717) is 16.9 Å². The van der Waals surface area contributed by atoms with E-state index in [-0.39, 0.29) is 24.2 Å². The topological polar surface area (TPSA) is 9.23 Å². The van der Waals surface area contributed by atoms with Gasteiger partial charge in [-0.3, -0.25) is 0 Å². The molecule has 1 aliphatic carbocycles.